The second-order valence-corrected chi connectivity index (χ2v) is 7.28. The lowest BCUT2D eigenvalue weighted by Crippen LogP contribution is -2.18. The Balaban J connectivity index is 1.46. The summed E-state index contributed by atoms with van der Waals surface area (Å²) in [5.41, 5.74) is 6.93. The molecule has 3 nitrogen and oxygen atoms in total. The van der Waals surface area contributed by atoms with E-state index in [2.05, 4.69) is 65.2 Å². The molecule has 3 rings (SSSR count). The van der Waals surface area contributed by atoms with E-state index in [1.165, 1.54) is 52.8 Å². The van der Waals surface area contributed by atoms with Gasteiger partial charge in [0.25, 0.3) is 0 Å². The highest BCUT2D eigenvalue weighted by Gasteiger charge is 2.06. The first-order valence-electron chi connectivity index (χ1n) is 10.4. The third-order valence-corrected chi connectivity index (χ3v) is 5.20. The van der Waals surface area contributed by atoms with Crippen LogP contribution in [0.1, 0.15) is 37.7 Å². The molecule has 0 atom stereocenters. The summed E-state index contributed by atoms with van der Waals surface area (Å²) < 4.78 is 0. The Morgan fingerprint density at radius 1 is 0.630 bits per heavy atom. The molecule has 0 aliphatic carbocycles. The Morgan fingerprint density at radius 3 is 1.81 bits per heavy atom. The fourth-order valence-electron chi connectivity index (χ4n) is 3.71. The van der Waals surface area contributed by atoms with Crippen molar-refractivity contribution in [3.8, 4) is 0 Å². The van der Waals surface area contributed by atoms with E-state index in [4.69, 9.17) is 5.73 Å². The highest BCUT2D eigenvalue weighted by molar-refractivity contribution is 6.02. The zero-order valence-electron chi connectivity index (χ0n) is 16.3. The van der Waals surface area contributed by atoms with Gasteiger partial charge in [0.05, 0.1) is 0 Å². The van der Waals surface area contributed by atoms with Crippen LogP contribution in [0.15, 0.2) is 54.6 Å². The van der Waals surface area contributed by atoms with Crippen molar-refractivity contribution in [1.29, 1.82) is 0 Å². The molecule has 4 N–H and O–H groups in total. The molecular weight excluding hydrogens is 330 g/mol. The number of nitrogens with two attached hydrogens (primary N) is 1. The summed E-state index contributed by atoms with van der Waals surface area (Å²) in [6.07, 6.45) is 6.07. The minimum atomic E-state index is 0.805. The molecule has 0 bridgehead atoms. The third-order valence-electron chi connectivity index (χ3n) is 5.20. The lowest BCUT2D eigenvalue weighted by molar-refractivity contribution is 0.561. The highest BCUT2D eigenvalue weighted by atomic mass is 14.9. The molecule has 3 heteroatoms. The zero-order valence-corrected chi connectivity index (χ0v) is 16.3. The van der Waals surface area contributed by atoms with Gasteiger partial charge in [0, 0.05) is 6.54 Å². The van der Waals surface area contributed by atoms with Crippen molar-refractivity contribution < 1.29 is 0 Å². The standard InChI is InChI=1S/C24H33N3/c25-14-6-9-16-26-15-7-1-8-17-27-19-24-22-12-4-2-10-20(22)18-21-11-3-5-13-23(21)24/h2-5,10-13,18,26-27H,1,6-9,14-17,19,25H2. The number of hydrogen-bond acceptors (Lipinski definition) is 3. The first-order valence-corrected chi connectivity index (χ1v) is 10.4. The summed E-state index contributed by atoms with van der Waals surface area (Å²) in [5.74, 6) is 0. The van der Waals surface area contributed by atoms with Crippen molar-refractivity contribution >= 4 is 21.5 Å². The quantitative estimate of drug-likeness (QED) is 0.326. The number of nitrogens with one attached hydrogen (secondary N) is 2. The van der Waals surface area contributed by atoms with Crippen LogP contribution in [-0.2, 0) is 6.54 Å². The number of unbranched alkanes of at least 4 members (excludes halogenated alkanes) is 3. The monoisotopic (exact) mass is 363 g/mol. The second-order valence-electron chi connectivity index (χ2n) is 7.28. The van der Waals surface area contributed by atoms with Crippen molar-refractivity contribution in [2.75, 3.05) is 26.2 Å². The van der Waals surface area contributed by atoms with Crippen LogP contribution < -0.4 is 16.4 Å². The Labute approximate surface area is 163 Å². The maximum Gasteiger partial charge on any atom is 0.0217 e. The van der Waals surface area contributed by atoms with Crippen molar-refractivity contribution in [1.82, 2.24) is 10.6 Å². The fourth-order valence-corrected chi connectivity index (χ4v) is 3.71. The molecule has 0 radical (unpaired) electrons. The molecule has 0 heterocycles. The molecule has 0 spiro atoms. The minimum Gasteiger partial charge on any atom is -0.330 e. The van der Waals surface area contributed by atoms with Gasteiger partial charge in [-0.15, -0.1) is 0 Å². The molecule has 0 fully saturated rings. The molecule has 0 amide bonds. The zero-order chi connectivity index (χ0) is 18.7. The maximum atomic E-state index is 5.51. The van der Waals surface area contributed by atoms with Crippen LogP contribution in [0, 0.1) is 0 Å². The van der Waals surface area contributed by atoms with Gasteiger partial charge in [0.2, 0.25) is 0 Å². The van der Waals surface area contributed by atoms with E-state index in [0.717, 1.165) is 39.1 Å². The highest BCUT2D eigenvalue weighted by Crippen LogP contribution is 2.28. The predicted molar refractivity (Wildman–Crippen MR) is 118 cm³/mol. The number of hydrogen-bond donors (Lipinski definition) is 3. The van der Waals surface area contributed by atoms with Crippen LogP contribution in [0.2, 0.25) is 0 Å². The Bertz CT molecular complexity index is 774. The maximum absolute atomic E-state index is 5.51. The Kier molecular flexibility index (Phi) is 8.09. The van der Waals surface area contributed by atoms with Gasteiger partial charge in [-0.2, -0.15) is 0 Å². The molecule has 27 heavy (non-hydrogen) atoms. The number of rotatable bonds is 12. The summed E-state index contributed by atoms with van der Waals surface area (Å²) in [5, 5.41) is 12.6. The average molecular weight is 364 g/mol. The van der Waals surface area contributed by atoms with Crippen LogP contribution in [0.4, 0.5) is 0 Å². The lowest BCUT2D eigenvalue weighted by atomic mass is 9.97. The molecule has 0 aliphatic heterocycles. The summed E-state index contributed by atoms with van der Waals surface area (Å²) in [6, 6.07) is 19.7. The minimum absolute atomic E-state index is 0.805. The van der Waals surface area contributed by atoms with Gasteiger partial charge in [0.15, 0.2) is 0 Å². The molecule has 0 aromatic heterocycles. The summed E-state index contributed by atoms with van der Waals surface area (Å²) in [6.45, 7) is 5.03. The van der Waals surface area contributed by atoms with Crippen LogP contribution in [0.3, 0.4) is 0 Å². The number of fused-ring (bicyclic) bond motifs is 2. The Morgan fingerprint density at radius 2 is 1.19 bits per heavy atom. The summed E-state index contributed by atoms with van der Waals surface area (Å²) >= 11 is 0. The van der Waals surface area contributed by atoms with Crippen molar-refractivity contribution in [3.05, 3.63) is 60.2 Å². The van der Waals surface area contributed by atoms with Crippen molar-refractivity contribution in [3.63, 3.8) is 0 Å². The van der Waals surface area contributed by atoms with Crippen molar-refractivity contribution in [2.45, 2.75) is 38.6 Å². The first-order chi connectivity index (χ1) is 13.4. The van der Waals surface area contributed by atoms with E-state index < -0.39 is 0 Å². The van der Waals surface area contributed by atoms with Crippen LogP contribution in [0.5, 0.6) is 0 Å². The normalized spacial score (nSPS) is 11.4. The van der Waals surface area contributed by atoms with Gasteiger partial charge in [-0.1, -0.05) is 55.0 Å². The van der Waals surface area contributed by atoms with E-state index in [9.17, 15) is 0 Å². The van der Waals surface area contributed by atoms with E-state index >= 15 is 0 Å². The molecule has 0 aliphatic rings. The van der Waals surface area contributed by atoms with Gasteiger partial charge in [-0.25, -0.2) is 0 Å². The van der Waals surface area contributed by atoms with Crippen LogP contribution in [-0.4, -0.2) is 26.2 Å². The topological polar surface area (TPSA) is 50.1 Å². The van der Waals surface area contributed by atoms with Crippen LogP contribution >= 0.6 is 0 Å². The van der Waals surface area contributed by atoms with E-state index in [-0.39, 0.29) is 0 Å². The lowest BCUT2D eigenvalue weighted by Gasteiger charge is -2.12. The van der Waals surface area contributed by atoms with E-state index in [0.29, 0.717) is 0 Å². The smallest absolute Gasteiger partial charge is 0.0217 e. The van der Waals surface area contributed by atoms with E-state index in [1.807, 2.05) is 0 Å². The average Bonchev–Trinajstić information content (AvgIpc) is 2.71. The number of benzene rings is 3. The third kappa shape index (κ3) is 5.77. The van der Waals surface area contributed by atoms with Crippen LogP contribution in [0.25, 0.3) is 21.5 Å². The largest absolute Gasteiger partial charge is 0.330 e. The molecule has 3 aromatic carbocycles. The molecule has 0 saturated heterocycles. The van der Waals surface area contributed by atoms with Gasteiger partial charge >= 0.3 is 0 Å². The SMILES string of the molecule is NCCCCNCCCCCNCc1c2ccccc2cc2ccccc12. The Hall–Kier alpha value is -1.94. The van der Waals surface area contributed by atoms with Gasteiger partial charge in [-0.05, 0) is 85.0 Å². The van der Waals surface area contributed by atoms with Gasteiger partial charge in [-0.3, -0.25) is 0 Å². The van der Waals surface area contributed by atoms with E-state index in [1.54, 1.807) is 0 Å². The molecular formula is C24H33N3. The van der Waals surface area contributed by atoms with Crippen molar-refractivity contribution in [2.24, 2.45) is 5.73 Å². The predicted octanol–water partition coefficient (Wildman–Crippen LogP) is 4.58. The molecule has 3 aromatic rings. The molecule has 0 saturated carbocycles. The first kappa shape index (κ1) is 19.8. The molecule has 0 unspecified atom stereocenters. The second kappa shape index (κ2) is 11.0. The summed E-state index contributed by atoms with van der Waals surface area (Å²) in [4.78, 5) is 0. The summed E-state index contributed by atoms with van der Waals surface area (Å²) in [7, 11) is 0. The molecule has 144 valence electrons. The fraction of sp³-hybridized carbons (Fsp3) is 0.417. The van der Waals surface area contributed by atoms with Gasteiger partial charge < -0.3 is 16.4 Å². The van der Waals surface area contributed by atoms with Gasteiger partial charge in [0.1, 0.15) is 0 Å².